The zero-order valence-electron chi connectivity index (χ0n) is 19.5. The highest BCUT2D eigenvalue weighted by Crippen LogP contribution is 2.44. The van der Waals surface area contributed by atoms with Gasteiger partial charge in [0, 0.05) is 61.9 Å². The van der Waals surface area contributed by atoms with Crippen molar-refractivity contribution >= 4 is 16.7 Å². The number of rotatable bonds is 3. The van der Waals surface area contributed by atoms with Gasteiger partial charge in [-0.1, -0.05) is 0 Å². The molecule has 1 aliphatic rings. The second-order valence-corrected chi connectivity index (χ2v) is 8.93. The zero-order valence-corrected chi connectivity index (χ0v) is 19.5. The number of alkyl halides is 7. The molecule has 0 atom stereocenters. The molecule has 0 aliphatic carbocycles. The zero-order chi connectivity index (χ0) is 27.5. The molecule has 1 aliphatic heterocycles. The molecule has 4 aromatic rings. The highest BCUT2D eigenvalue weighted by molar-refractivity contribution is 5.88. The fourth-order valence-electron chi connectivity index (χ4n) is 4.63. The molecule has 1 fully saturated rings. The number of pyridine rings is 1. The topological polar surface area (TPSA) is 88.4 Å². The number of hydrogen-bond acceptors (Lipinski definition) is 6. The van der Waals surface area contributed by atoms with Gasteiger partial charge in [0.25, 0.3) is 0 Å². The summed E-state index contributed by atoms with van der Waals surface area (Å²) >= 11 is 0. The number of benzene rings is 1. The van der Waals surface area contributed by atoms with Gasteiger partial charge in [0.2, 0.25) is 0 Å². The highest BCUT2D eigenvalue weighted by Gasteiger charge is 2.41. The van der Waals surface area contributed by atoms with Gasteiger partial charge in [-0.2, -0.15) is 23.1 Å². The second-order valence-electron chi connectivity index (χ2n) is 8.93. The summed E-state index contributed by atoms with van der Waals surface area (Å²) in [4.78, 5) is 5.49. The van der Waals surface area contributed by atoms with Crippen LogP contribution in [-0.2, 0) is 25.2 Å². The maximum absolute atomic E-state index is 15.7. The van der Waals surface area contributed by atoms with Crippen LogP contribution in [0.4, 0.5) is 36.4 Å². The Labute approximate surface area is 209 Å². The van der Waals surface area contributed by atoms with E-state index in [1.165, 1.54) is 17.0 Å². The van der Waals surface area contributed by atoms with Crippen molar-refractivity contribution in [3.05, 3.63) is 53.9 Å². The fraction of sp³-hybridized carbons (Fsp3) is 0.348. The predicted octanol–water partition coefficient (Wildman–Crippen LogP) is 5.06. The van der Waals surface area contributed by atoms with Crippen molar-refractivity contribution in [2.75, 3.05) is 18.0 Å². The second kappa shape index (κ2) is 8.67. The first-order chi connectivity index (χ1) is 17.8. The average molecular weight is 538 g/mol. The van der Waals surface area contributed by atoms with E-state index in [0.717, 1.165) is 12.3 Å². The van der Waals surface area contributed by atoms with Gasteiger partial charge in [-0.3, -0.25) is 0 Å². The van der Waals surface area contributed by atoms with Crippen molar-refractivity contribution in [3.63, 3.8) is 0 Å². The monoisotopic (exact) mass is 538 g/mol. The molecule has 0 bridgehead atoms. The van der Waals surface area contributed by atoms with Crippen LogP contribution in [0.5, 0.6) is 0 Å². The lowest BCUT2D eigenvalue weighted by Gasteiger charge is -2.38. The minimum absolute atomic E-state index is 0.0259. The molecule has 4 heterocycles. The van der Waals surface area contributed by atoms with Crippen molar-refractivity contribution in [1.82, 2.24) is 29.5 Å². The van der Waals surface area contributed by atoms with Crippen molar-refractivity contribution in [1.29, 1.82) is 5.26 Å². The predicted molar refractivity (Wildman–Crippen MR) is 119 cm³/mol. The number of aromatic nitrogens is 6. The van der Waals surface area contributed by atoms with E-state index in [4.69, 9.17) is 0 Å². The summed E-state index contributed by atoms with van der Waals surface area (Å²) in [6.45, 7) is 0.0518. The third kappa shape index (κ3) is 4.39. The van der Waals surface area contributed by atoms with Crippen molar-refractivity contribution in [3.8, 4) is 17.2 Å². The number of nitriles is 1. The Bertz CT molecular complexity index is 1550. The number of halogens is 7. The van der Waals surface area contributed by atoms with Gasteiger partial charge < -0.3 is 9.47 Å². The SMILES string of the molecule is Cn1cnnc1C1(F)CCN(c2c(C#N)cc(C(F)(F)F)cc2-c2cnc3nn(C(F)(F)F)cc3c2)CC1. The van der Waals surface area contributed by atoms with Crippen LogP contribution in [-0.4, -0.2) is 42.6 Å². The fourth-order valence-corrected chi connectivity index (χ4v) is 4.63. The van der Waals surface area contributed by atoms with Crippen molar-refractivity contribution in [2.24, 2.45) is 7.05 Å². The standard InChI is InChI=1S/C23H17F7N8/c1-36-12-33-34-20(36)21(24)2-4-37(5-3-21)18-13(9-31)7-16(22(25,26)27)8-17(18)14-6-15-11-38(23(28,29)30)35-19(15)32-10-14/h6-8,10-12H,2-5H2,1H3. The number of hydrogen-bond donors (Lipinski definition) is 0. The van der Waals surface area contributed by atoms with Crippen LogP contribution in [0.3, 0.4) is 0 Å². The molecule has 1 aromatic carbocycles. The maximum Gasteiger partial charge on any atom is 0.504 e. The van der Waals surface area contributed by atoms with Crippen LogP contribution in [0.2, 0.25) is 0 Å². The average Bonchev–Trinajstić information content (AvgIpc) is 3.49. The first-order valence-corrected chi connectivity index (χ1v) is 11.2. The van der Waals surface area contributed by atoms with E-state index in [0.29, 0.717) is 12.3 Å². The molecule has 0 unspecified atom stereocenters. The van der Waals surface area contributed by atoms with Gasteiger partial charge in [-0.25, -0.2) is 9.37 Å². The number of aryl methyl sites for hydroxylation is 1. The van der Waals surface area contributed by atoms with Crippen LogP contribution in [0.1, 0.15) is 29.8 Å². The summed E-state index contributed by atoms with van der Waals surface area (Å²) in [5.41, 5.74) is -3.46. The molecule has 1 saturated heterocycles. The molecule has 198 valence electrons. The molecule has 3 aromatic heterocycles. The summed E-state index contributed by atoms with van der Waals surface area (Å²) in [5, 5.41) is 20.6. The first-order valence-electron chi connectivity index (χ1n) is 11.2. The minimum atomic E-state index is -4.81. The molecule has 0 N–H and O–H groups in total. The molecule has 5 rings (SSSR count). The quantitative estimate of drug-likeness (QED) is 0.339. The summed E-state index contributed by atoms with van der Waals surface area (Å²) in [6, 6.07) is 4.52. The Morgan fingerprint density at radius 1 is 1.05 bits per heavy atom. The first kappa shape index (κ1) is 25.4. The van der Waals surface area contributed by atoms with Crippen LogP contribution < -0.4 is 4.90 Å². The van der Waals surface area contributed by atoms with Crippen molar-refractivity contribution < 1.29 is 30.7 Å². The van der Waals surface area contributed by atoms with Crippen molar-refractivity contribution in [2.45, 2.75) is 31.0 Å². The van der Waals surface area contributed by atoms with Crippen LogP contribution in [0, 0.1) is 11.3 Å². The molecular weight excluding hydrogens is 521 g/mol. The number of anilines is 1. The third-order valence-corrected chi connectivity index (χ3v) is 6.47. The Balaban J connectivity index is 1.61. The van der Waals surface area contributed by atoms with Crippen LogP contribution >= 0.6 is 0 Å². The smallest absolute Gasteiger partial charge is 0.370 e. The van der Waals surface area contributed by atoms with Gasteiger partial charge in [0.05, 0.1) is 16.8 Å². The normalized spacial score (nSPS) is 16.1. The van der Waals surface area contributed by atoms with E-state index in [9.17, 15) is 31.6 Å². The number of fused-ring (bicyclic) bond motifs is 1. The largest absolute Gasteiger partial charge is 0.504 e. The molecular formula is C23H17F7N8. The summed E-state index contributed by atoms with van der Waals surface area (Å²) in [7, 11) is 1.59. The van der Waals surface area contributed by atoms with Gasteiger partial charge in [0.1, 0.15) is 12.4 Å². The van der Waals surface area contributed by atoms with E-state index >= 15 is 4.39 Å². The molecule has 8 nitrogen and oxygen atoms in total. The van der Waals surface area contributed by atoms with Gasteiger partial charge >= 0.3 is 12.5 Å². The molecule has 0 amide bonds. The third-order valence-electron chi connectivity index (χ3n) is 6.47. The number of nitrogens with zero attached hydrogens (tertiary/aromatic N) is 8. The van der Waals surface area contributed by atoms with E-state index in [-0.39, 0.29) is 69.8 Å². The lowest BCUT2D eigenvalue weighted by Crippen LogP contribution is -2.42. The summed E-state index contributed by atoms with van der Waals surface area (Å²) < 4.78 is 97.3. The molecule has 15 heteroatoms. The maximum atomic E-state index is 15.7. The van der Waals surface area contributed by atoms with Gasteiger partial charge in [-0.05, 0) is 18.2 Å². The van der Waals surface area contributed by atoms with E-state index in [2.05, 4.69) is 20.3 Å². The van der Waals surface area contributed by atoms with Crippen LogP contribution in [0.25, 0.3) is 22.2 Å². The van der Waals surface area contributed by atoms with E-state index in [1.807, 2.05) is 0 Å². The molecule has 0 spiro atoms. The Hall–Kier alpha value is -4.22. The van der Waals surface area contributed by atoms with E-state index < -0.39 is 23.7 Å². The van der Waals surface area contributed by atoms with Gasteiger partial charge in [-0.15, -0.1) is 28.5 Å². The number of piperidine rings is 1. The minimum Gasteiger partial charge on any atom is -0.370 e. The Morgan fingerprint density at radius 2 is 1.76 bits per heavy atom. The van der Waals surface area contributed by atoms with E-state index in [1.54, 1.807) is 18.0 Å². The summed E-state index contributed by atoms with van der Waals surface area (Å²) in [6.07, 6.45) is -6.66. The van der Waals surface area contributed by atoms with Crippen LogP contribution in [0.15, 0.2) is 36.9 Å². The Kier molecular flexibility index (Phi) is 5.80. The van der Waals surface area contributed by atoms with Gasteiger partial charge in [0.15, 0.2) is 17.1 Å². The molecule has 0 radical (unpaired) electrons. The lowest BCUT2D eigenvalue weighted by atomic mass is 9.90. The molecule has 38 heavy (non-hydrogen) atoms. The highest BCUT2D eigenvalue weighted by atomic mass is 19.4. The molecule has 0 saturated carbocycles. The summed E-state index contributed by atoms with van der Waals surface area (Å²) in [5.74, 6) is 0.113. The Morgan fingerprint density at radius 3 is 2.34 bits per heavy atom. The lowest BCUT2D eigenvalue weighted by molar-refractivity contribution is -0.211.